The Morgan fingerprint density at radius 3 is 2.95 bits per heavy atom. The lowest BCUT2D eigenvalue weighted by molar-refractivity contribution is -0.116. The van der Waals surface area contributed by atoms with Gasteiger partial charge < -0.3 is 10.3 Å². The maximum absolute atomic E-state index is 13.5. The van der Waals surface area contributed by atoms with E-state index in [1.165, 1.54) is 6.07 Å². The van der Waals surface area contributed by atoms with Gasteiger partial charge >= 0.3 is 0 Å². The van der Waals surface area contributed by atoms with Crippen LogP contribution in [0.25, 0.3) is 11.0 Å². The van der Waals surface area contributed by atoms with Crippen LogP contribution in [0.5, 0.6) is 0 Å². The minimum absolute atomic E-state index is 0.142. The molecule has 0 aliphatic carbocycles. The molecule has 2 N–H and O–H groups in total. The van der Waals surface area contributed by atoms with E-state index in [0.717, 1.165) is 11.0 Å². The van der Waals surface area contributed by atoms with E-state index in [-0.39, 0.29) is 18.1 Å². The topological polar surface area (TPSA) is 57.8 Å². The number of nitrogens with one attached hydrogen (secondary N) is 2. The first-order chi connectivity index (χ1) is 10.2. The van der Waals surface area contributed by atoms with E-state index in [1.54, 1.807) is 30.6 Å². The number of imidazole rings is 1. The zero-order chi connectivity index (χ0) is 14.7. The molecule has 0 aliphatic heterocycles. The van der Waals surface area contributed by atoms with Gasteiger partial charge in [0.15, 0.2) is 0 Å². The monoisotopic (exact) mass is 283 g/mol. The first-order valence-corrected chi connectivity index (χ1v) is 6.69. The fourth-order valence-corrected chi connectivity index (χ4v) is 2.19. The number of anilines is 1. The van der Waals surface area contributed by atoms with Crippen LogP contribution in [0.4, 0.5) is 10.1 Å². The molecule has 0 unspecified atom stereocenters. The summed E-state index contributed by atoms with van der Waals surface area (Å²) < 4.78 is 13.5. The first kappa shape index (κ1) is 13.3. The highest BCUT2D eigenvalue weighted by molar-refractivity contribution is 5.93. The van der Waals surface area contributed by atoms with Crippen molar-refractivity contribution in [2.75, 3.05) is 5.32 Å². The van der Waals surface area contributed by atoms with E-state index in [2.05, 4.69) is 15.3 Å². The molecule has 0 fully saturated rings. The normalized spacial score (nSPS) is 10.7. The largest absolute Gasteiger partial charge is 0.345 e. The number of nitrogens with zero attached hydrogens (tertiary/aromatic N) is 1. The Morgan fingerprint density at radius 1 is 1.24 bits per heavy atom. The maximum atomic E-state index is 13.5. The summed E-state index contributed by atoms with van der Waals surface area (Å²) in [5.74, 6) is -0.415. The maximum Gasteiger partial charge on any atom is 0.224 e. The Bertz CT molecular complexity index is 782. The van der Waals surface area contributed by atoms with Crippen molar-refractivity contribution in [3.8, 4) is 0 Å². The number of aromatic nitrogens is 2. The van der Waals surface area contributed by atoms with E-state index in [0.29, 0.717) is 17.7 Å². The van der Waals surface area contributed by atoms with Crippen LogP contribution < -0.4 is 5.32 Å². The second-order valence-corrected chi connectivity index (χ2v) is 4.77. The standard InChI is InChI=1S/C16H14FN3O/c17-13-4-2-1-3-11(13)5-8-16(21)20-12-6-7-14-15(9-12)19-10-18-14/h1-4,6-7,9-10H,5,8H2,(H,18,19)(H,20,21). The van der Waals surface area contributed by atoms with E-state index < -0.39 is 0 Å². The van der Waals surface area contributed by atoms with Crippen molar-refractivity contribution in [2.45, 2.75) is 12.8 Å². The van der Waals surface area contributed by atoms with Gasteiger partial charge in [-0.15, -0.1) is 0 Å². The molecule has 1 amide bonds. The minimum atomic E-state index is -0.274. The summed E-state index contributed by atoms with van der Waals surface area (Å²) in [5.41, 5.74) is 2.96. The lowest BCUT2D eigenvalue weighted by Gasteiger charge is -2.06. The van der Waals surface area contributed by atoms with Crippen molar-refractivity contribution in [1.82, 2.24) is 9.97 Å². The Labute approximate surface area is 121 Å². The Hall–Kier alpha value is -2.69. The van der Waals surface area contributed by atoms with Gasteiger partial charge in [-0.1, -0.05) is 18.2 Å². The predicted octanol–water partition coefficient (Wildman–Crippen LogP) is 3.27. The third kappa shape index (κ3) is 3.08. The predicted molar refractivity (Wildman–Crippen MR) is 79.4 cm³/mol. The molecule has 0 saturated heterocycles. The third-order valence-electron chi connectivity index (χ3n) is 3.28. The molecule has 0 bridgehead atoms. The quantitative estimate of drug-likeness (QED) is 0.772. The number of aromatic amines is 1. The number of rotatable bonds is 4. The summed E-state index contributed by atoms with van der Waals surface area (Å²) in [6.07, 6.45) is 2.22. The molecule has 0 spiro atoms. The van der Waals surface area contributed by atoms with E-state index in [1.807, 2.05) is 12.1 Å². The molecule has 2 aromatic carbocycles. The second kappa shape index (κ2) is 5.75. The van der Waals surface area contributed by atoms with Crippen molar-refractivity contribution < 1.29 is 9.18 Å². The third-order valence-corrected chi connectivity index (χ3v) is 3.28. The molecule has 4 nitrogen and oxygen atoms in total. The van der Waals surface area contributed by atoms with E-state index in [9.17, 15) is 9.18 Å². The van der Waals surface area contributed by atoms with Crippen LogP contribution in [0.15, 0.2) is 48.8 Å². The smallest absolute Gasteiger partial charge is 0.224 e. The number of carbonyl (C=O) groups is 1. The van der Waals surface area contributed by atoms with Crippen LogP contribution >= 0.6 is 0 Å². The molecule has 5 heteroatoms. The summed E-state index contributed by atoms with van der Waals surface area (Å²) in [6.45, 7) is 0. The second-order valence-electron chi connectivity index (χ2n) is 4.77. The van der Waals surface area contributed by atoms with Crippen LogP contribution in [-0.2, 0) is 11.2 Å². The van der Waals surface area contributed by atoms with Gasteiger partial charge in [0.1, 0.15) is 5.82 Å². The van der Waals surface area contributed by atoms with Gasteiger partial charge in [-0.05, 0) is 36.2 Å². The zero-order valence-corrected chi connectivity index (χ0v) is 11.3. The minimum Gasteiger partial charge on any atom is -0.345 e. The van der Waals surface area contributed by atoms with Gasteiger partial charge in [0.25, 0.3) is 0 Å². The summed E-state index contributed by atoms with van der Waals surface area (Å²) in [4.78, 5) is 19.0. The number of aryl methyl sites for hydroxylation is 1. The highest BCUT2D eigenvalue weighted by Gasteiger charge is 2.07. The van der Waals surface area contributed by atoms with Crippen LogP contribution in [0, 0.1) is 5.82 Å². The molecular formula is C16H14FN3O. The molecule has 106 valence electrons. The Balaban J connectivity index is 1.62. The number of hydrogen-bond acceptors (Lipinski definition) is 2. The molecule has 3 aromatic rings. The molecule has 0 aliphatic rings. The van der Waals surface area contributed by atoms with E-state index in [4.69, 9.17) is 0 Å². The van der Waals surface area contributed by atoms with Crippen LogP contribution in [0.2, 0.25) is 0 Å². The molecule has 0 radical (unpaired) electrons. The molecule has 21 heavy (non-hydrogen) atoms. The molecule has 1 aromatic heterocycles. The van der Waals surface area contributed by atoms with Gasteiger partial charge in [0.2, 0.25) is 5.91 Å². The Morgan fingerprint density at radius 2 is 2.10 bits per heavy atom. The molecule has 3 rings (SSSR count). The van der Waals surface area contributed by atoms with E-state index >= 15 is 0 Å². The number of H-pyrrole nitrogens is 1. The lowest BCUT2D eigenvalue weighted by atomic mass is 10.1. The average molecular weight is 283 g/mol. The fourth-order valence-electron chi connectivity index (χ4n) is 2.19. The van der Waals surface area contributed by atoms with Crippen LogP contribution in [-0.4, -0.2) is 15.9 Å². The number of amides is 1. The molecule has 1 heterocycles. The van der Waals surface area contributed by atoms with Gasteiger partial charge in [-0.25, -0.2) is 9.37 Å². The highest BCUT2D eigenvalue weighted by Crippen LogP contribution is 2.16. The molecule has 0 atom stereocenters. The summed E-state index contributed by atoms with van der Waals surface area (Å²) in [5, 5.41) is 2.80. The fraction of sp³-hybridized carbons (Fsp3) is 0.125. The van der Waals surface area contributed by atoms with Gasteiger partial charge in [-0.2, -0.15) is 0 Å². The van der Waals surface area contributed by atoms with Crippen molar-refractivity contribution in [1.29, 1.82) is 0 Å². The SMILES string of the molecule is O=C(CCc1ccccc1F)Nc1ccc2nc[nH]c2c1. The van der Waals surface area contributed by atoms with Crippen LogP contribution in [0.1, 0.15) is 12.0 Å². The van der Waals surface area contributed by atoms with Gasteiger partial charge in [0, 0.05) is 12.1 Å². The zero-order valence-electron chi connectivity index (χ0n) is 11.3. The summed E-state index contributed by atoms with van der Waals surface area (Å²) in [6, 6.07) is 11.9. The first-order valence-electron chi connectivity index (χ1n) is 6.69. The molecular weight excluding hydrogens is 269 g/mol. The molecule has 0 saturated carbocycles. The van der Waals surface area contributed by atoms with Crippen molar-refractivity contribution in [3.05, 3.63) is 60.2 Å². The Kier molecular flexibility index (Phi) is 3.64. The number of halogens is 1. The number of fused-ring (bicyclic) bond motifs is 1. The van der Waals surface area contributed by atoms with Crippen molar-refractivity contribution >= 4 is 22.6 Å². The van der Waals surface area contributed by atoms with Gasteiger partial charge in [0.05, 0.1) is 17.4 Å². The van der Waals surface area contributed by atoms with Crippen molar-refractivity contribution in [2.24, 2.45) is 0 Å². The van der Waals surface area contributed by atoms with Gasteiger partial charge in [-0.3, -0.25) is 4.79 Å². The lowest BCUT2D eigenvalue weighted by Crippen LogP contribution is -2.12. The number of hydrogen-bond donors (Lipinski definition) is 2. The van der Waals surface area contributed by atoms with Crippen molar-refractivity contribution in [3.63, 3.8) is 0 Å². The summed E-state index contributed by atoms with van der Waals surface area (Å²) >= 11 is 0. The number of carbonyl (C=O) groups excluding carboxylic acids is 1. The van der Waals surface area contributed by atoms with Crippen LogP contribution in [0.3, 0.4) is 0 Å². The highest BCUT2D eigenvalue weighted by atomic mass is 19.1. The summed E-state index contributed by atoms with van der Waals surface area (Å²) in [7, 11) is 0. The average Bonchev–Trinajstić information content (AvgIpc) is 2.94. The number of benzene rings is 2.